The Kier molecular flexibility index (Phi) is 3.79. The molecule has 0 N–H and O–H groups in total. The second-order valence-electron chi connectivity index (χ2n) is 5.06. The molecule has 0 radical (unpaired) electrons. The van der Waals surface area contributed by atoms with Crippen molar-refractivity contribution in [1.82, 2.24) is 9.80 Å². The highest BCUT2D eigenvalue weighted by atomic mass is 19.1. The lowest BCUT2D eigenvalue weighted by molar-refractivity contribution is -0.137. The molecule has 2 saturated heterocycles. The highest BCUT2D eigenvalue weighted by Gasteiger charge is 2.32. The van der Waals surface area contributed by atoms with E-state index in [4.69, 9.17) is 0 Å². The van der Waals surface area contributed by atoms with E-state index in [0.29, 0.717) is 0 Å². The molecule has 1 amide bonds. The molecule has 0 saturated carbocycles. The highest BCUT2D eigenvalue weighted by Crippen LogP contribution is 2.22. The lowest BCUT2D eigenvalue weighted by Gasteiger charge is -2.34. The van der Waals surface area contributed by atoms with Crippen molar-refractivity contribution in [2.24, 2.45) is 5.92 Å². The Labute approximate surface area is 96.6 Å². The molecule has 3 nitrogen and oxygen atoms in total. The Morgan fingerprint density at radius 1 is 1.25 bits per heavy atom. The number of carbonyl (C=O) groups excluding carboxylic acids is 1. The number of alkyl halides is 1. The summed E-state index contributed by atoms with van der Waals surface area (Å²) in [6, 6.07) is 0.0851. The fraction of sp³-hybridized carbons (Fsp3) is 0.917. The Hall–Kier alpha value is -0.640. The molecule has 0 aromatic rings. The summed E-state index contributed by atoms with van der Waals surface area (Å²) in [7, 11) is 2.02. The minimum Gasteiger partial charge on any atom is -0.341 e. The van der Waals surface area contributed by atoms with Gasteiger partial charge < -0.3 is 4.90 Å². The second-order valence-corrected chi connectivity index (χ2v) is 5.06. The van der Waals surface area contributed by atoms with E-state index in [1.165, 1.54) is 0 Å². The van der Waals surface area contributed by atoms with Crippen LogP contribution in [0.15, 0.2) is 0 Å². The first-order chi connectivity index (χ1) is 7.72. The van der Waals surface area contributed by atoms with E-state index in [-0.39, 0.29) is 24.5 Å². The van der Waals surface area contributed by atoms with Gasteiger partial charge in [0.2, 0.25) is 5.91 Å². The summed E-state index contributed by atoms with van der Waals surface area (Å²) in [5, 5.41) is 0. The van der Waals surface area contributed by atoms with Crippen molar-refractivity contribution in [3.05, 3.63) is 0 Å². The number of carbonyl (C=O) groups is 1. The maximum absolute atomic E-state index is 12.5. The summed E-state index contributed by atoms with van der Waals surface area (Å²) < 4.78 is 12.5. The number of likely N-dealkylation sites (tertiary alicyclic amines) is 2. The molecule has 16 heavy (non-hydrogen) atoms. The topological polar surface area (TPSA) is 23.6 Å². The molecule has 1 unspecified atom stereocenters. The summed E-state index contributed by atoms with van der Waals surface area (Å²) in [4.78, 5) is 16.3. The molecule has 0 spiro atoms. The molecule has 0 bridgehead atoms. The third-order valence-electron chi connectivity index (χ3n) is 3.95. The van der Waals surface area contributed by atoms with Crippen LogP contribution in [0.4, 0.5) is 4.39 Å². The van der Waals surface area contributed by atoms with Crippen LogP contribution in [0.2, 0.25) is 0 Å². The van der Waals surface area contributed by atoms with Gasteiger partial charge in [0.25, 0.3) is 0 Å². The lowest BCUT2D eigenvalue weighted by atomic mass is 9.97. The van der Waals surface area contributed by atoms with Gasteiger partial charge in [-0.05, 0) is 45.2 Å². The highest BCUT2D eigenvalue weighted by molar-refractivity contribution is 5.82. The first kappa shape index (κ1) is 11.8. The molecule has 0 aromatic heterocycles. The zero-order chi connectivity index (χ0) is 11.5. The standard InChI is InChI=1S/C12H21FN2O/c1-14-6-2-3-11(14)12(16)15-7-4-10(9-13)5-8-15/h10-11H,2-9H2,1H3. The van der Waals surface area contributed by atoms with Gasteiger partial charge >= 0.3 is 0 Å². The summed E-state index contributed by atoms with van der Waals surface area (Å²) in [6.45, 7) is 2.29. The fourth-order valence-electron chi connectivity index (χ4n) is 2.74. The van der Waals surface area contributed by atoms with Gasteiger partial charge in [0.1, 0.15) is 0 Å². The van der Waals surface area contributed by atoms with Crippen LogP contribution in [0.25, 0.3) is 0 Å². The van der Waals surface area contributed by atoms with Gasteiger partial charge in [-0.25, -0.2) is 0 Å². The van der Waals surface area contributed by atoms with E-state index >= 15 is 0 Å². The first-order valence-corrected chi connectivity index (χ1v) is 6.27. The van der Waals surface area contributed by atoms with Crippen molar-refractivity contribution in [3.8, 4) is 0 Å². The van der Waals surface area contributed by atoms with E-state index in [0.717, 1.165) is 45.3 Å². The largest absolute Gasteiger partial charge is 0.341 e. The van der Waals surface area contributed by atoms with Crippen molar-refractivity contribution in [2.45, 2.75) is 31.7 Å². The van der Waals surface area contributed by atoms with Gasteiger partial charge in [0, 0.05) is 13.1 Å². The molecule has 92 valence electrons. The van der Waals surface area contributed by atoms with Crippen molar-refractivity contribution < 1.29 is 9.18 Å². The molecule has 1 atom stereocenters. The molecule has 4 heteroatoms. The number of nitrogens with zero attached hydrogens (tertiary/aromatic N) is 2. The minimum absolute atomic E-state index is 0.0851. The van der Waals surface area contributed by atoms with Crippen LogP contribution in [0.1, 0.15) is 25.7 Å². The zero-order valence-electron chi connectivity index (χ0n) is 9.99. The van der Waals surface area contributed by atoms with E-state index in [1.807, 2.05) is 11.9 Å². The smallest absolute Gasteiger partial charge is 0.239 e. The van der Waals surface area contributed by atoms with Crippen LogP contribution >= 0.6 is 0 Å². The lowest BCUT2D eigenvalue weighted by Crippen LogP contribution is -2.47. The summed E-state index contributed by atoms with van der Waals surface area (Å²) in [5.41, 5.74) is 0. The molecule has 2 aliphatic heterocycles. The van der Waals surface area contributed by atoms with Gasteiger partial charge in [-0.1, -0.05) is 0 Å². The predicted molar refractivity (Wildman–Crippen MR) is 60.9 cm³/mol. The fourth-order valence-corrected chi connectivity index (χ4v) is 2.74. The van der Waals surface area contributed by atoms with Crippen LogP contribution < -0.4 is 0 Å². The number of hydrogen-bond acceptors (Lipinski definition) is 2. The van der Waals surface area contributed by atoms with Crippen molar-refractivity contribution in [2.75, 3.05) is 33.4 Å². The van der Waals surface area contributed by atoms with Crippen LogP contribution in [0, 0.1) is 5.92 Å². The van der Waals surface area contributed by atoms with Gasteiger partial charge in [-0.3, -0.25) is 14.1 Å². The van der Waals surface area contributed by atoms with Crippen LogP contribution in [0.5, 0.6) is 0 Å². The quantitative estimate of drug-likeness (QED) is 0.711. The van der Waals surface area contributed by atoms with Crippen molar-refractivity contribution >= 4 is 5.91 Å². The van der Waals surface area contributed by atoms with Crippen molar-refractivity contribution in [1.29, 1.82) is 0 Å². The number of hydrogen-bond donors (Lipinski definition) is 0. The average Bonchev–Trinajstić information content (AvgIpc) is 2.75. The van der Waals surface area contributed by atoms with Crippen molar-refractivity contribution in [3.63, 3.8) is 0 Å². The van der Waals surface area contributed by atoms with Crippen LogP contribution in [-0.4, -0.2) is 55.1 Å². The number of halogens is 1. The second kappa shape index (κ2) is 5.13. The van der Waals surface area contributed by atoms with Gasteiger partial charge in [0.15, 0.2) is 0 Å². The maximum atomic E-state index is 12.5. The van der Waals surface area contributed by atoms with Crippen LogP contribution in [-0.2, 0) is 4.79 Å². The van der Waals surface area contributed by atoms with E-state index in [9.17, 15) is 9.18 Å². The SMILES string of the molecule is CN1CCCC1C(=O)N1CCC(CF)CC1. The first-order valence-electron chi connectivity index (χ1n) is 6.27. The molecular weight excluding hydrogens is 207 g/mol. The maximum Gasteiger partial charge on any atom is 0.239 e. The Morgan fingerprint density at radius 2 is 1.94 bits per heavy atom. The van der Waals surface area contributed by atoms with E-state index in [1.54, 1.807) is 0 Å². The molecule has 2 aliphatic rings. The molecule has 0 aromatic carbocycles. The third-order valence-corrected chi connectivity index (χ3v) is 3.95. The molecule has 2 rings (SSSR count). The van der Waals surface area contributed by atoms with Gasteiger partial charge in [-0.2, -0.15) is 0 Å². The monoisotopic (exact) mass is 228 g/mol. The summed E-state index contributed by atoms with van der Waals surface area (Å²) in [6.07, 6.45) is 3.77. The van der Waals surface area contributed by atoms with Gasteiger partial charge in [-0.15, -0.1) is 0 Å². The molecule has 2 heterocycles. The Morgan fingerprint density at radius 3 is 2.44 bits per heavy atom. The zero-order valence-corrected chi connectivity index (χ0v) is 9.99. The molecule has 2 fully saturated rings. The summed E-state index contributed by atoms with van der Waals surface area (Å²) >= 11 is 0. The Balaban J connectivity index is 1.86. The number of rotatable bonds is 2. The minimum atomic E-state index is -0.231. The number of amides is 1. The van der Waals surface area contributed by atoms with E-state index in [2.05, 4.69) is 4.90 Å². The molecular formula is C12H21FN2O. The van der Waals surface area contributed by atoms with Crippen LogP contribution in [0.3, 0.4) is 0 Å². The number of likely N-dealkylation sites (N-methyl/N-ethyl adjacent to an activating group) is 1. The van der Waals surface area contributed by atoms with Gasteiger partial charge in [0.05, 0.1) is 12.7 Å². The number of piperidine rings is 1. The normalized spacial score (nSPS) is 28.6. The van der Waals surface area contributed by atoms with E-state index < -0.39 is 0 Å². The Bertz CT molecular complexity index is 251. The molecule has 0 aliphatic carbocycles. The average molecular weight is 228 g/mol. The summed E-state index contributed by atoms with van der Waals surface area (Å²) in [5.74, 6) is 0.447. The predicted octanol–water partition coefficient (Wildman–Crippen LogP) is 1.29. The third kappa shape index (κ3) is 2.37.